The quantitative estimate of drug-likeness (QED) is 0.651. The number of nitrogens with two attached hydrogens (primary N) is 1. The molecule has 1 aromatic rings. The van der Waals surface area contributed by atoms with E-state index in [2.05, 4.69) is 0 Å². The summed E-state index contributed by atoms with van der Waals surface area (Å²) >= 11 is 0. The molecule has 0 radical (unpaired) electrons. The maximum atomic E-state index is 12.1. The number of hydrogen-bond acceptors (Lipinski definition) is 4. The average Bonchev–Trinajstić information content (AvgIpc) is 2.29. The molecule has 0 heterocycles. The fourth-order valence-corrected chi connectivity index (χ4v) is 1.99. The number of ketones is 1. The molecule has 0 fully saturated rings. The molecule has 0 aliphatic rings. The van der Waals surface area contributed by atoms with Crippen molar-refractivity contribution in [2.24, 2.45) is 0 Å². The largest absolute Gasteiger partial charge is 0.511 e. The van der Waals surface area contributed by atoms with Crippen LogP contribution in [0.25, 0.3) is 0 Å². The SMILES string of the molecule is Cc1cc(C)c(C(=O)CNS(=O)(=O)C(F)(F)F)cc1N. The highest BCUT2D eigenvalue weighted by atomic mass is 32.2. The average molecular weight is 310 g/mol. The Morgan fingerprint density at radius 1 is 1.25 bits per heavy atom. The smallest absolute Gasteiger partial charge is 0.398 e. The van der Waals surface area contributed by atoms with Gasteiger partial charge < -0.3 is 5.73 Å². The Morgan fingerprint density at radius 2 is 1.80 bits per heavy atom. The summed E-state index contributed by atoms with van der Waals surface area (Å²) < 4.78 is 59.1. The van der Waals surface area contributed by atoms with Gasteiger partial charge in [-0.1, -0.05) is 6.07 Å². The van der Waals surface area contributed by atoms with Crippen molar-refractivity contribution >= 4 is 21.5 Å². The summed E-state index contributed by atoms with van der Waals surface area (Å²) in [6.07, 6.45) is 0. The molecule has 0 atom stereocenters. The summed E-state index contributed by atoms with van der Waals surface area (Å²) in [7, 11) is -5.53. The Labute approximate surface area is 114 Å². The molecular weight excluding hydrogens is 297 g/mol. The fraction of sp³-hybridized carbons (Fsp3) is 0.364. The summed E-state index contributed by atoms with van der Waals surface area (Å²) in [5.41, 5.74) is 1.77. The van der Waals surface area contributed by atoms with Crippen LogP contribution in [0.5, 0.6) is 0 Å². The molecule has 3 N–H and O–H groups in total. The van der Waals surface area contributed by atoms with Crippen LogP contribution in [-0.4, -0.2) is 26.3 Å². The molecular formula is C11H13F3N2O3S. The van der Waals surface area contributed by atoms with Gasteiger partial charge in [0.1, 0.15) is 0 Å². The van der Waals surface area contributed by atoms with Crippen LogP contribution in [-0.2, 0) is 10.0 Å². The molecule has 1 rings (SSSR count). The molecule has 20 heavy (non-hydrogen) atoms. The van der Waals surface area contributed by atoms with Gasteiger partial charge in [-0.05, 0) is 31.0 Å². The summed E-state index contributed by atoms with van der Waals surface area (Å²) in [5, 5.41) is 0. The molecule has 112 valence electrons. The number of sulfonamides is 1. The Balaban J connectivity index is 2.92. The van der Waals surface area contributed by atoms with Crippen molar-refractivity contribution in [2.45, 2.75) is 19.4 Å². The fourth-order valence-electron chi connectivity index (χ4n) is 1.51. The third-order valence-electron chi connectivity index (χ3n) is 2.64. The molecule has 0 amide bonds. The van der Waals surface area contributed by atoms with Crippen molar-refractivity contribution in [3.63, 3.8) is 0 Å². The number of halogens is 3. The first kappa shape index (κ1) is 16.4. The van der Waals surface area contributed by atoms with E-state index >= 15 is 0 Å². The Hall–Kier alpha value is -1.61. The first-order valence-corrected chi connectivity index (χ1v) is 6.90. The van der Waals surface area contributed by atoms with Crippen LogP contribution in [0.4, 0.5) is 18.9 Å². The predicted molar refractivity (Wildman–Crippen MR) is 67.6 cm³/mol. The van der Waals surface area contributed by atoms with Crippen LogP contribution < -0.4 is 10.5 Å². The minimum Gasteiger partial charge on any atom is -0.398 e. The number of carbonyl (C=O) groups is 1. The topological polar surface area (TPSA) is 89.3 Å². The molecule has 0 aliphatic carbocycles. The second kappa shape index (κ2) is 5.41. The maximum Gasteiger partial charge on any atom is 0.511 e. The first-order chi connectivity index (χ1) is 8.95. The van der Waals surface area contributed by atoms with Crippen LogP contribution in [0.2, 0.25) is 0 Å². The third-order valence-corrected chi connectivity index (χ3v) is 3.77. The van der Waals surface area contributed by atoms with E-state index < -0.39 is 27.9 Å². The lowest BCUT2D eigenvalue weighted by atomic mass is 10.0. The standard InChI is InChI=1S/C11H13F3N2O3S/c1-6-3-7(2)9(15)4-8(6)10(17)5-16-20(18,19)11(12,13)14/h3-4,16H,5,15H2,1-2H3. The molecule has 0 aliphatic heterocycles. The maximum absolute atomic E-state index is 12.1. The molecule has 1 aromatic carbocycles. The number of nitrogens with one attached hydrogen (secondary N) is 1. The summed E-state index contributed by atoms with van der Waals surface area (Å²) in [5.74, 6) is -0.790. The van der Waals surface area contributed by atoms with E-state index in [0.717, 1.165) is 5.56 Å². The van der Waals surface area contributed by atoms with Crippen LogP contribution in [0.15, 0.2) is 12.1 Å². The molecule has 0 saturated heterocycles. The van der Waals surface area contributed by atoms with E-state index in [1.165, 1.54) is 10.8 Å². The lowest BCUT2D eigenvalue weighted by Gasteiger charge is -2.11. The van der Waals surface area contributed by atoms with Crippen molar-refractivity contribution in [1.82, 2.24) is 4.72 Å². The van der Waals surface area contributed by atoms with Crippen molar-refractivity contribution in [3.05, 3.63) is 28.8 Å². The number of benzene rings is 1. The van der Waals surface area contributed by atoms with Gasteiger partial charge in [-0.15, -0.1) is 0 Å². The van der Waals surface area contributed by atoms with E-state index in [1.54, 1.807) is 19.9 Å². The molecule has 9 heteroatoms. The first-order valence-electron chi connectivity index (χ1n) is 5.41. The van der Waals surface area contributed by atoms with Crippen LogP contribution in [0.3, 0.4) is 0 Å². The van der Waals surface area contributed by atoms with Gasteiger partial charge in [-0.25, -0.2) is 8.42 Å². The highest BCUT2D eigenvalue weighted by molar-refractivity contribution is 7.90. The van der Waals surface area contributed by atoms with Crippen molar-refractivity contribution in [2.75, 3.05) is 12.3 Å². The number of hydrogen-bond donors (Lipinski definition) is 2. The Kier molecular flexibility index (Phi) is 4.45. The molecule has 0 saturated carbocycles. The van der Waals surface area contributed by atoms with Crippen molar-refractivity contribution < 1.29 is 26.4 Å². The number of rotatable bonds is 4. The lowest BCUT2D eigenvalue weighted by Crippen LogP contribution is -2.39. The number of anilines is 1. The second-order valence-electron chi connectivity index (χ2n) is 4.22. The van der Waals surface area contributed by atoms with Crippen LogP contribution in [0, 0.1) is 13.8 Å². The number of carbonyl (C=O) groups excluding carboxylic acids is 1. The molecule has 0 bridgehead atoms. The minimum atomic E-state index is -5.53. The van der Waals surface area contributed by atoms with Gasteiger partial charge >= 0.3 is 15.5 Å². The van der Waals surface area contributed by atoms with Crippen LogP contribution >= 0.6 is 0 Å². The lowest BCUT2D eigenvalue weighted by molar-refractivity contribution is -0.0446. The zero-order chi connectivity index (χ0) is 15.7. The third kappa shape index (κ3) is 3.48. The van der Waals surface area contributed by atoms with E-state index in [9.17, 15) is 26.4 Å². The van der Waals surface area contributed by atoms with Gasteiger partial charge in [0, 0.05) is 11.3 Å². The van der Waals surface area contributed by atoms with Crippen molar-refractivity contribution in [3.8, 4) is 0 Å². The number of Topliss-reactive ketones (excluding diaryl/α,β-unsaturated/α-hetero) is 1. The Morgan fingerprint density at radius 3 is 2.30 bits per heavy atom. The van der Waals surface area contributed by atoms with E-state index in [1.807, 2.05) is 0 Å². The number of alkyl halides is 3. The predicted octanol–water partition coefficient (Wildman–Crippen LogP) is 1.51. The summed E-state index contributed by atoms with van der Waals surface area (Å²) in [6.45, 7) is 2.31. The number of nitrogen functional groups attached to an aromatic ring is 1. The minimum absolute atomic E-state index is 0.0815. The van der Waals surface area contributed by atoms with E-state index in [-0.39, 0.29) is 5.56 Å². The van der Waals surface area contributed by atoms with E-state index in [0.29, 0.717) is 11.3 Å². The molecule has 0 spiro atoms. The van der Waals surface area contributed by atoms with Gasteiger partial charge in [-0.3, -0.25) is 4.79 Å². The Bertz CT molecular complexity index is 639. The monoisotopic (exact) mass is 310 g/mol. The summed E-state index contributed by atoms with van der Waals surface area (Å²) in [4.78, 5) is 11.8. The molecule has 0 unspecified atom stereocenters. The zero-order valence-electron chi connectivity index (χ0n) is 10.7. The van der Waals surface area contributed by atoms with Gasteiger partial charge in [0.2, 0.25) is 0 Å². The van der Waals surface area contributed by atoms with Crippen LogP contribution in [0.1, 0.15) is 21.5 Å². The van der Waals surface area contributed by atoms with Gasteiger partial charge in [-0.2, -0.15) is 17.9 Å². The van der Waals surface area contributed by atoms with Gasteiger partial charge in [0.05, 0.1) is 6.54 Å². The molecule has 0 aromatic heterocycles. The van der Waals surface area contributed by atoms with Gasteiger partial charge in [0.15, 0.2) is 5.78 Å². The van der Waals surface area contributed by atoms with E-state index in [4.69, 9.17) is 5.73 Å². The normalized spacial score (nSPS) is 12.4. The van der Waals surface area contributed by atoms with Gasteiger partial charge in [0.25, 0.3) is 0 Å². The summed E-state index contributed by atoms with van der Waals surface area (Å²) in [6, 6.07) is 2.91. The zero-order valence-corrected chi connectivity index (χ0v) is 11.5. The van der Waals surface area contributed by atoms with Crippen molar-refractivity contribution in [1.29, 1.82) is 0 Å². The highest BCUT2D eigenvalue weighted by Crippen LogP contribution is 2.22. The molecule has 5 nitrogen and oxygen atoms in total. The number of aryl methyl sites for hydroxylation is 2. The highest BCUT2D eigenvalue weighted by Gasteiger charge is 2.45. The second-order valence-corrected chi connectivity index (χ2v) is 5.98.